The van der Waals surface area contributed by atoms with E-state index in [0.717, 1.165) is 32.0 Å². The average molecular weight is 284 g/mol. The standard InChI is InChI=1S/C19H24O2/c20-7-6-19(11-14-4-2-1-3-5-14)16-8-15-9-17(19)13-18(21,10-15)12-16/h1-5,7,15-17,21H,6,8-13H2/t15?,16?,17?,18-,19+. The Bertz CT molecular complexity index is 520. The van der Waals surface area contributed by atoms with Crippen molar-refractivity contribution in [1.29, 1.82) is 0 Å². The van der Waals surface area contributed by atoms with E-state index in [-0.39, 0.29) is 5.41 Å². The number of aliphatic hydroxyl groups is 1. The molecule has 5 rings (SSSR count). The van der Waals surface area contributed by atoms with Gasteiger partial charge in [-0.25, -0.2) is 0 Å². The maximum Gasteiger partial charge on any atom is 0.120 e. The highest BCUT2D eigenvalue weighted by molar-refractivity contribution is 5.52. The van der Waals surface area contributed by atoms with E-state index < -0.39 is 5.60 Å². The Morgan fingerprint density at radius 3 is 2.33 bits per heavy atom. The normalized spacial score (nSPS) is 44.0. The quantitative estimate of drug-likeness (QED) is 0.861. The smallest absolute Gasteiger partial charge is 0.120 e. The van der Waals surface area contributed by atoms with Crippen LogP contribution in [0.4, 0.5) is 0 Å². The minimum absolute atomic E-state index is 0.103. The van der Waals surface area contributed by atoms with Crippen LogP contribution in [-0.4, -0.2) is 17.0 Å². The lowest BCUT2D eigenvalue weighted by Crippen LogP contribution is -2.60. The number of rotatable bonds is 4. The van der Waals surface area contributed by atoms with E-state index in [9.17, 15) is 9.90 Å². The lowest BCUT2D eigenvalue weighted by molar-refractivity contribution is -0.192. The Morgan fingerprint density at radius 2 is 1.76 bits per heavy atom. The van der Waals surface area contributed by atoms with Crippen LogP contribution in [0.1, 0.15) is 44.1 Å². The van der Waals surface area contributed by atoms with Gasteiger partial charge in [-0.1, -0.05) is 30.3 Å². The predicted octanol–water partition coefficient (Wildman–Crippen LogP) is 3.38. The molecule has 0 heterocycles. The van der Waals surface area contributed by atoms with E-state index in [1.165, 1.54) is 18.4 Å². The van der Waals surface area contributed by atoms with E-state index in [1.54, 1.807) is 0 Å². The summed E-state index contributed by atoms with van der Waals surface area (Å²) in [7, 11) is 0. The molecular formula is C19H24O2. The maximum atomic E-state index is 11.4. The van der Waals surface area contributed by atoms with E-state index in [2.05, 4.69) is 30.3 Å². The third kappa shape index (κ3) is 2.07. The Morgan fingerprint density at radius 1 is 1.10 bits per heavy atom. The van der Waals surface area contributed by atoms with Crippen LogP contribution in [0.15, 0.2) is 30.3 Å². The first-order valence-corrected chi connectivity index (χ1v) is 8.33. The molecule has 21 heavy (non-hydrogen) atoms. The number of carbonyl (C=O) groups is 1. The molecule has 112 valence electrons. The SMILES string of the molecule is O=CC[C@]1(Cc2ccccc2)C2CC3CC1C[C@@](O)(C3)C2. The summed E-state index contributed by atoms with van der Waals surface area (Å²) in [5.74, 6) is 1.75. The summed E-state index contributed by atoms with van der Waals surface area (Å²) in [6.45, 7) is 0. The zero-order chi connectivity index (χ0) is 14.5. The van der Waals surface area contributed by atoms with Gasteiger partial charge in [-0.2, -0.15) is 0 Å². The average Bonchev–Trinajstić information content (AvgIpc) is 2.44. The van der Waals surface area contributed by atoms with Crippen LogP contribution in [0, 0.1) is 23.2 Å². The molecular weight excluding hydrogens is 260 g/mol. The second-order valence-electron chi connectivity index (χ2n) is 7.83. The van der Waals surface area contributed by atoms with Crippen molar-refractivity contribution in [3.63, 3.8) is 0 Å². The molecule has 0 saturated heterocycles. The topological polar surface area (TPSA) is 37.3 Å². The van der Waals surface area contributed by atoms with Crippen LogP contribution in [0.2, 0.25) is 0 Å². The lowest BCUT2D eigenvalue weighted by atomic mass is 9.42. The first-order chi connectivity index (χ1) is 10.1. The summed E-state index contributed by atoms with van der Waals surface area (Å²) < 4.78 is 0. The van der Waals surface area contributed by atoms with Gasteiger partial charge in [-0.15, -0.1) is 0 Å². The molecule has 0 aromatic heterocycles. The molecule has 0 spiro atoms. The zero-order valence-corrected chi connectivity index (χ0v) is 12.5. The van der Waals surface area contributed by atoms with Crippen LogP contribution >= 0.6 is 0 Å². The molecule has 2 heteroatoms. The summed E-state index contributed by atoms with van der Waals surface area (Å²) in [5, 5.41) is 10.8. The summed E-state index contributed by atoms with van der Waals surface area (Å²) in [6.07, 6.45) is 8.09. The van der Waals surface area contributed by atoms with Gasteiger partial charge in [0.2, 0.25) is 0 Å². The van der Waals surface area contributed by atoms with Crippen molar-refractivity contribution in [1.82, 2.24) is 0 Å². The minimum Gasteiger partial charge on any atom is -0.390 e. The van der Waals surface area contributed by atoms with E-state index in [4.69, 9.17) is 0 Å². The van der Waals surface area contributed by atoms with Crippen LogP contribution in [0.25, 0.3) is 0 Å². The molecule has 4 bridgehead atoms. The lowest BCUT2D eigenvalue weighted by Gasteiger charge is -2.64. The highest BCUT2D eigenvalue weighted by atomic mass is 16.3. The second kappa shape index (κ2) is 4.67. The molecule has 0 aliphatic heterocycles. The van der Waals surface area contributed by atoms with E-state index >= 15 is 0 Å². The van der Waals surface area contributed by atoms with Gasteiger partial charge in [0.05, 0.1) is 5.60 Å². The Labute approximate surface area is 126 Å². The van der Waals surface area contributed by atoms with Crippen molar-refractivity contribution in [3.05, 3.63) is 35.9 Å². The summed E-state index contributed by atoms with van der Waals surface area (Å²) in [5.41, 5.74) is 1.03. The number of hydrogen-bond donors (Lipinski definition) is 1. The molecule has 4 aliphatic carbocycles. The molecule has 2 atom stereocenters. The molecule has 1 N–H and O–H groups in total. The molecule has 4 saturated carbocycles. The second-order valence-corrected chi connectivity index (χ2v) is 7.83. The van der Waals surface area contributed by atoms with Crippen molar-refractivity contribution in [2.75, 3.05) is 0 Å². The van der Waals surface area contributed by atoms with Gasteiger partial charge in [-0.05, 0) is 67.3 Å². The third-order valence-electron chi connectivity index (χ3n) is 6.62. The Kier molecular flexibility index (Phi) is 3.01. The Hall–Kier alpha value is -1.15. The Balaban J connectivity index is 1.70. The largest absolute Gasteiger partial charge is 0.390 e. The van der Waals surface area contributed by atoms with Gasteiger partial charge in [0.25, 0.3) is 0 Å². The summed E-state index contributed by atoms with van der Waals surface area (Å²) in [4.78, 5) is 11.4. The van der Waals surface area contributed by atoms with Crippen molar-refractivity contribution in [2.45, 2.75) is 50.5 Å². The van der Waals surface area contributed by atoms with Gasteiger partial charge in [0.1, 0.15) is 6.29 Å². The number of hydrogen-bond acceptors (Lipinski definition) is 2. The molecule has 2 unspecified atom stereocenters. The molecule has 1 aromatic rings. The van der Waals surface area contributed by atoms with Gasteiger partial charge in [0, 0.05) is 6.42 Å². The van der Waals surface area contributed by atoms with Gasteiger partial charge >= 0.3 is 0 Å². The summed E-state index contributed by atoms with van der Waals surface area (Å²) >= 11 is 0. The third-order valence-corrected chi connectivity index (χ3v) is 6.62. The van der Waals surface area contributed by atoms with Gasteiger partial charge in [-0.3, -0.25) is 0 Å². The van der Waals surface area contributed by atoms with E-state index in [1.807, 2.05) is 0 Å². The van der Waals surface area contributed by atoms with Crippen LogP contribution < -0.4 is 0 Å². The van der Waals surface area contributed by atoms with Crippen LogP contribution in [0.5, 0.6) is 0 Å². The fourth-order valence-corrected chi connectivity index (χ4v) is 5.97. The number of benzene rings is 1. The van der Waals surface area contributed by atoms with Gasteiger partial charge < -0.3 is 9.90 Å². The first-order valence-electron chi connectivity index (χ1n) is 8.33. The molecule has 4 aliphatic rings. The van der Waals surface area contributed by atoms with Crippen LogP contribution in [0.3, 0.4) is 0 Å². The van der Waals surface area contributed by atoms with Crippen molar-refractivity contribution in [3.8, 4) is 0 Å². The van der Waals surface area contributed by atoms with Crippen molar-refractivity contribution >= 4 is 6.29 Å². The minimum atomic E-state index is -0.417. The monoisotopic (exact) mass is 284 g/mol. The highest BCUT2D eigenvalue weighted by Gasteiger charge is 2.61. The zero-order valence-electron chi connectivity index (χ0n) is 12.5. The summed E-state index contributed by atoms with van der Waals surface area (Å²) in [6, 6.07) is 10.6. The first kappa shape index (κ1) is 13.5. The molecule has 0 amide bonds. The highest BCUT2D eigenvalue weighted by Crippen LogP contribution is 2.65. The molecule has 4 fully saturated rings. The molecule has 2 nitrogen and oxygen atoms in total. The molecule has 0 radical (unpaired) electrons. The van der Waals surface area contributed by atoms with Crippen molar-refractivity contribution < 1.29 is 9.90 Å². The number of carbonyl (C=O) groups excluding carboxylic acids is 1. The maximum absolute atomic E-state index is 11.4. The molecule has 1 aromatic carbocycles. The van der Waals surface area contributed by atoms with Gasteiger partial charge in [0.15, 0.2) is 0 Å². The number of aldehydes is 1. The fraction of sp³-hybridized carbons (Fsp3) is 0.632. The van der Waals surface area contributed by atoms with E-state index in [0.29, 0.717) is 24.2 Å². The predicted molar refractivity (Wildman–Crippen MR) is 81.8 cm³/mol. The van der Waals surface area contributed by atoms with Crippen molar-refractivity contribution in [2.24, 2.45) is 23.2 Å². The fourth-order valence-electron chi connectivity index (χ4n) is 5.97. The van der Waals surface area contributed by atoms with Crippen LogP contribution in [-0.2, 0) is 11.2 Å².